The van der Waals surface area contributed by atoms with Gasteiger partial charge in [-0.3, -0.25) is 0 Å². The van der Waals surface area contributed by atoms with Gasteiger partial charge in [0.2, 0.25) is 5.28 Å². The van der Waals surface area contributed by atoms with Gasteiger partial charge in [-0.25, -0.2) is 9.97 Å². The van der Waals surface area contributed by atoms with Crippen molar-refractivity contribution in [2.24, 2.45) is 0 Å². The molecule has 0 N–H and O–H groups in total. The molecule has 3 rings (SSSR count). The molecule has 0 saturated carbocycles. The van der Waals surface area contributed by atoms with Crippen molar-refractivity contribution in [3.8, 4) is 22.4 Å². The van der Waals surface area contributed by atoms with Gasteiger partial charge >= 0.3 is 0 Å². The van der Waals surface area contributed by atoms with E-state index in [0.29, 0.717) is 5.15 Å². The van der Waals surface area contributed by atoms with E-state index in [9.17, 15) is 0 Å². The predicted octanol–water partition coefficient (Wildman–Crippen LogP) is 5.12. The fourth-order valence-corrected chi connectivity index (χ4v) is 2.41. The third-order valence-electron chi connectivity index (χ3n) is 2.96. The van der Waals surface area contributed by atoms with Gasteiger partial charge in [-0.2, -0.15) is 0 Å². The van der Waals surface area contributed by atoms with Crippen LogP contribution in [0.5, 0.6) is 0 Å². The Bertz CT molecular complexity index is 705. The van der Waals surface area contributed by atoms with Gasteiger partial charge in [0.1, 0.15) is 5.15 Å². The highest BCUT2D eigenvalue weighted by Crippen LogP contribution is 2.25. The quantitative estimate of drug-likeness (QED) is 0.485. The van der Waals surface area contributed by atoms with Gasteiger partial charge in [0.25, 0.3) is 0 Å². The normalized spacial score (nSPS) is 10.5. The highest BCUT2D eigenvalue weighted by Gasteiger charge is 2.05. The monoisotopic (exact) mass is 300 g/mol. The molecule has 1 aromatic heterocycles. The molecule has 0 unspecified atom stereocenters. The molecule has 0 aliphatic rings. The lowest BCUT2D eigenvalue weighted by molar-refractivity contribution is 1.17. The van der Waals surface area contributed by atoms with Crippen LogP contribution in [0.4, 0.5) is 0 Å². The van der Waals surface area contributed by atoms with Crippen molar-refractivity contribution in [1.29, 1.82) is 0 Å². The van der Waals surface area contributed by atoms with Crippen LogP contribution in [-0.2, 0) is 0 Å². The first-order valence-electron chi connectivity index (χ1n) is 6.08. The zero-order valence-corrected chi connectivity index (χ0v) is 11.9. The lowest BCUT2D eigenvalue weighted by atomic mass is 10.0. The second-order valence-electron chi connectivity index (χ2n) is 4.29. The number of nitrogens with zero attached hydrogens (tertiary/aromatic N) is 2. The average molecular weight is 301 g/mol. The molecule has 1 heterocycles. The maximum Gasteiger partial charge on any atom is 0.224 e. The minimum absolute atomic E-state index is 0.152. The average Bonchev–Trinajstić information content (AvgIpc) is 2.47. The summed E-state index contributed by atoms with van der Waals surface area (Å²) in [4.78, 5) is 8.02. The fourth-order valence-electron chi connectivity index (χ4n) is 2.00. The van der Waals surface area contributed by atoms with E-state index in [0.717, 1.165) is 16.8 Å². The van der Waals surface area contributed by atoms with Gasteiger partial charge < -0.3 is 0 Å². The lowest BCUT2D eigenvalue weighted by Crippen LogP contribution is -1.88. The van der Waals surface area contributed by atoms with Crippen molar-refractivity contribution in [3.63, 3.8) is 0 Å². The maximum atomic E-state index is 5.89. The molecule has 2 nitrogen and oxygen atoms in total. The molecule has 98 valence electrons. The number of hydrogen-bond acceptors (Lipinski definition) is 2. The van der Waals surface area contributed by atoms with Gasteiger partial charge in [0.05, 0.1) is 5.69 Å². The van der Waals surface area contributed by atoms with Crippen molar-refractivity contribution < 1.29 is 0 Å². The molecule has 4 heteroatoms. The summed E-state index contributed by atoms with van der Waals surface area (Å²) in [5.41, 5.74) is 4.00. The van der Waals surface area contributed by atoms with E-state index < -0.39 is 0 Å². The Morgan fingerprint density at radius 3 is 1.90 bits per heavy atom. The van der Waals surface area contributed by atoms with E-state index in [-0.39, 0.29) is 5.28 Å². The molecule has 0 spiro atoms. The van der Waals surface area contributed by atoms with Crippen LogP contribution in [0, 0.1) is 0 Å². The van der Waals surface area contributed by atoms with Crippen molar-refractivity contribution in [1.82, 2.24) is 9.97 Å². The molecule has 0 bridgehead atoms. The Labute approximate surface area is 127 Å². The summed E-state index contributed by atoms with van der Waals surface area (Å²) < 4.78 is 0. The topological polar surface area (TPSA) is 25.8 Å². The molecule has 0 aliphatic heterocycles. The van der Waals surface area contributed by atoms with Crippen LogP contribution >= 0.6 is 23.2 Å². The molecule has 0 aliphatic carbocycles. The number of hydrogen-bond donors (Lipinski definition) is 0. The first kappa shape index (κ1) is 13.1. The van der Waals surface area contributed by atoms with Crippen molar-refractivity contribution in [2.45, 2.75) is 0 Å². The largest absolute Gasteiger partial charge is 0.224 e. The van der Waals surface area contributed by atoms with E-state index in [4.69, 9.17) is 23.2 Å². The van der Waals surface area contributed by atoms with Crippen LogP contribution in [0.15, 0.2) is 60.7 Å². The Morgan fingerprint density at radius 1 is 0.650 bits per heavy atom. The van der Waals surface area contributed by atoms with Gasteiger partial charge in [-0.05, 0) is 22.7 Å². The molecular formula is C16H10Cl2N2. The summed E-state index contributed by atoms with van der Waals surface area (Å²) in [5, 5.41) is 0.492. The molecule has 0 saturated heterocycles. The molecule has 2 aromatic carbocycles. The number of halogens is 2. The van der Waals surface area contributed by atoms with E-state index in [1.165, 1.54) is 5.56 Å². The summed E-state index contributed by atoms with van der Waals surface area (Å²) >= 11 is 11.7. The minimum atomic E-state index is 0.152. The summed E-state index contributed by atoms with van der Waals surface area (Å²) in [5.74, 6) is 0. The van der Waals surface area contributed by atoms with E-state index in [1.54, 1.807) is 6.07 Å². The molecule has 20 heavy (non-hydrogen) atoms. The molecule has 0 radical (unpaired) electrons. The third-order valence-corrected chi connectivity index (χ3v) is 3.32. The molecule has 3 aromatic rings. The first-order valence-corrected chi connectivity index (χ1v) is 6.84. The van der Waals surface area contributed by atoms with Crippen LogP contribution in [-0.4, -0.2) is 9.97 Å². The van der Waals surface area contributed by atoms with Crippen LogP contribution in [0.3, 0.4) is 0 Å². The predicted molar refractivity (Wildman–Crippen MR) is 82.9 cm³/mol. The van der Waals surface area contributed by atoms with Gasteiger partial charge in [-0.1, -0.05) is 66.2 Å². The lowest BCUT2D eigenvalue weighted by Gasteiger charge is -2.05. The highest BCUT2D eigenvalue weighted by molar-refractivity contribution is 6.32. The summed E-state index contributed by atoms with van der Waals surface area (Å²) in [6, 6.07) is 20.0. The van der Waals surface area contributed by atoms with E-state index in [1.807, 2.05) is 30.3 Å². The van der Waals surface area contributed by atoms with E-state index >= 15 is 0 Å². The maximum absolute atomic E-state index is 5.89. The second-order valence-corrected chi connectivity index (χ2v) is 5.01. The molecular weight excluding hydrogens is 291 g/mol. The fraction of sp³-hybridized carbons (Fsp3) is 0. The van der Waals surface area contributed by atoms with Crippen LogP contribution < -0.4 is 0 Å². The van der Waals surface area contributed by atoms with Gasteiger partial charge in [-0.15, -0.1) is 0 Å². The minimum Gasteiger partial charge on any atom is -0.218 e. The second kappa shape index (κ2) is 5.61. The zero-order valence-electron chi connectivity index (χ0n) is 10.4. The smallest absolute Gasteiger partial charge is 0.218 e. The highest BCUT2D eigenvalue weighted by atomic mass is 35.5. The third kappa shape index (κ3) is 2.82. The molecule has 0 atom stereocenters. The first-order chi connectivity index (χ1) is 9.72. The Morgan fingerprint density at radius 2 is 1.25 bits per heavy atom. The van der Waals surface area contributed by atoms with Crippen molar-refractivity contribution in [2.75, 3.05) is 0 Å². The summed E-state index contributed by atoms with van der Waals surface area (Å²) in [6.07, 6.45) is 0. The standard InChI is InChI=1S/C16H10Cl2N2/c17-15-10-14(19-16(18)20-15)13-8-6-12(7-9-13)11-4-2-1-3-5-11/h1-10H. The SMILES string of the molecule is Clc1cc(-c2ccc(-c3ccccc3)cc2)nc(Cl)n1. The van der Waals surface area contributed by atoms with Gasteiger partial charge in [0.15, 0.2) is 0 Å². The van der Waals surface area contributed by atoms with Crippen LogP contribution in [0.2, 0.25) is 10.4 Å². The van der Waals surface area contributed by atoms with Crippen LogP contribution in [0.1, 0.15) is 0 Å². The molecule has 0 amide bonds. The van der Waals surface area contributed by atoms with Crippen molar-refractivity contribution >= 4 is 23.2 Å². The Kier molecular flexibility index (Phi) is 3.68. The number of aromatic nitrogens is 2. The molecule has 0 fully saturated rings. The van der Waals surface area contributed by atoms with Crippen LogP contribution in [0.25, 0.3) is 22.4 Å². The van der Waals surface area contributed by atoms with Crippen molar-refractivity contribution in [3.05, 3.63) is 71.1 Å². The summed E-state index contributed by atoms with van der Waals surface area (Å²) in [7, 11) is 0. The summed E-state index contributed by atoms with van der Waals surface area (Å²) in [6.45, 7) is 0. The van der Waals surface area contributed by atoms with E-state index in [2.05, 4.69) is 34.2 Å². The Balaban J connectivity index is 1.97. The zero-order chi connectivity index (χ0) is 13.9. The van der Waals surface area contributed by atoms with Gasteiger partial charge in [0, 0.05) is 11.6 Å². The Hall–Kier alpha value is -1.90. The number of rotatable bonds is 2. The number of benzene rings is 2.